The Morgan fingerprint density at radius 2 is 1.94 bits per heavy atom. The van der Waals surface area contributed by atoms with Crippen molar-refractivity contribution in [2.24, 2.45) is 0 Å². The second-order valence-electron chi connectivity index (χ2n) is 3.86. The monoisotopic (exact) mass is 240 g/mol. The number of aromatic carboxylic acids is 1. The molecule has 0 fully saturated rings. The molecule has 1 heterocycles. The second kappa shape index (κ2) is 4.61. The van der Waals surface area contributed by atoms with E-state index in [-0.39, 0.29) is 11.1 Å². The molecule has 17 heavy (non-hydrogen) atoms. The minimum Gasteiger partial charge on any atom is -0.490 e. The molecule has 1 aliphatic rings. The molecule has 0 saturated carbocycles. The third-order valence-corrected chi connectivity index (χ3v) is 2.58. The van der Waals surface area contributed by atoms with Gasteiger partial charge in [-0.25, -0.2) is 9.18 Å². The van der Waals surface area contributed by atoms with E-state index in [9.17, 15) is 9.18 Å². The molecule has 1 unspecified atom stereocenters. The number of rotatable bonds is 2. The smallest absolute Gasteiger partial charge is 0.336 e. The first-order chi connectivity index (χ1) is 8.09. The summed E-state index contributed by atoms with van der Waals surface area (Å²) in [5.41, 5.74) is 0.0333. The van der Waals surface area contributed by atoms with Crippen molar-refractivity contribution in [3.63, 3.8) is 0 Å². The fraction of sp³-hybridized carbons (Fsp3) is 0.417. The summed E-state index contributed by atoms with van der Waals surface area (Å²) in [4.78, 5) is 11.0. The Kier molecular flexibility index (Phi) is 3.17. The highest BCUT2D eigenvalue weighted by atomic mass is 19.1. The Morgan fingerprint density at radius 1 is 1.35 bits per heavy atom. The van der Waals surface area contributed by atoms with Crippen molar-refractivity contribution in [1.82, 2.24) is 0 Å². The number of hydrogen-bond donors (Lipinski definition) is 1. The van der Waals surface area contributed by atoms with E-state index in [0.29, 0.717) is 24.7 Å². The van der Waals surface area contributed by atoms with Gasteiger partial charge >= 0.3 is 5.97 Å². The molecule has 92 valence electrons. The van der Waals surface area contributed by atoms with Crippen LogP contribution in [-0.4, -0.2) is 24.3 Å². The van der Waals surface area contributed by atoms with Gasteiger partial charge in [-0.1, -0.05) is 0 Å². The van der Waals surface area contributed by atoms with Gasteiger partial charge in [0.25, 0.3) is 0 Å². The zero-order chi connectivity index (χ0) is 12.4. The quantitative estimate of drug-likeness (QED) is 0.863. The van der Waals surface area contributed by atoms with Crippen LogP contribution in [0.1, 0.15) is 35.4 Å². The molecule has 0 amide bonds. The van der Waals surface area contributed by atoms with Crippen LogP contribution in [-0.2, 0) is 0 Å². The molecule has 0 aromatic heterocycles. The summed E-state index contributed by atoms with van der Waals surface area (Å²) < 4.78 is 24.1. The Morgan fingerprint density at radius 3 is 2.47 bits per heavy atom. The summed E-state index contributed by atoms with van der Waals surface area (Å²) in [6.45, 7) is 2.25. The van der Waals surface area contributed by atoms with Gasteiger partial charge in [-0.15, -0.1) is 0 Å². The van der Waals surface area contributed by atoms with E-state index in [2.05, 4.69) is 0 Å². The van der Waals surface area contributed by atoms with Crippen molar-refractivity contribution in [2.75, 3.05) is 13.2 Å². The fourth-order valence-corrected chi connectivity index (χ4v) is 1.74. The number of ether oxygens (including phenoxy) is 2. The summed E-state index contributed by atoms with van der Waals surface area (Å²) in [7, 11) is 0. The SMILES string of the molecule is CC(F)c1cc2c(cc1C(=O)O)OCCCO2. The van der Waals surface area contributed by atoms with Crippen molar-refractivity contribution in [3.8, 4) is 11.5 Å². The molecular weight excluding hydrogens is 227 g/mol. The molecule has 5 heteroatoms. The number of hydrogen-bond acceptors (Lipinski definition) is 3. The molecule has 0 saturated heterocycles. The third-order valence-electron chi connectivity index (χ3n) is 2.58. The molecule has 0 radical (unpaired) electrons. The summed E-state index contributed by atoms with van der Waals surface area (Å²) in [5.74, 6) is -0.392. The van der Waals surface area contributed by atoms with Gasteiger partial charge in [-0.05, 0) is 19.1 Å². The summed E-state index contributed by atoms with van der Waals surface area (Å²) in [6.07, 6.45) is -0.643. The van der Waals surface area contributed by atoms with Crippen LogP contribution < -0.4 is 9.47 Å². The lowest BCUT2D eigenvalue weighted by Crippen LogP contribution is -2.05. The second-order valence-corrected chi connectivity index (χ2v) is 3.86. The van der Waals surface area contributed by atoms with E-state index in [1.54, 1.807) is 0 Å². The molecular formula is C12H13FO4. The molecule has 4 nitrogen and oxygen atoms in total. The average molecular weight is 240 g/mol. The number of halogens is 1. The number of fused-ring (bicyclic) bond motifs is 1. The van der Waals surface area contributed by atoms with E-state index >= 15 is 0 Å². The zero-order valence-electron chi connectivity index (χ0n) is 9.40. The molecule has 1 aromatic rings. The van der Waals surface area contributed by atoms with Crippen LogP contribution in [0.3, 0.4) is 0 Å². The molecule has 0 aliphatic carbocycles. The first-order valence-corrected chi connectivity index (χ1v) is 5.40. The number of carbonyl (C=O) groups is 1. The molecule has 0 spiro atoms. The van der Waals surface area contributed by atoms with E-state index in [0.717, 1.165) is 6.42 Å². The van der Waals surface area contributed by atoms with Crippen molar-refractivity contribution < 1.29 is 23.8 Å². The van der Waals surface area contributed by atoms with Gasteiger partial charge in [-0.3, -0.25) is 0 Å². The third kappa shape index (κ3) is 2.33. The normalized spacial score (nSPS) is 16.1. The molecule has 1 aromatic carbocycles. The van der Waals surface area contributed by atoms with E-state index in [1.165, 1.54) is 19.1 Å². The van der Waals surface area contributed by atoms with Crippen LogP contribution in [0, 0.1) is 0 Å². The zero-order valence-corrected chi connectivity index (χ0v) is 9.40. The topological polar surface area (TPSA) is 55.8 Å². The largest absolute Gasteiger partial charge is 0.490 e. The van der Waals surface area contributed by atoms with Gasteiger partial charge in [-0.2, -0.15) is 0 Å². The number of carboxylic acids is 1. The Balaban J connectivity index is 2.52. The Hall–Kier alpha value is -1.78. The lowest BCUT2D eigenvalue weighted by molar-refractivity contribution is 0.0693. The van der Waals surface area contributed by atoms with E-state index in [4.69, 9.17) is 14.6 Å². The standard InChI is InChI=1S/C12H13FO4/c1-7(13)8-5-10-11(6-9(8)12(14)15)17-4-2-3-16-10/h5-7H,2-4H2,1H3,(H,14,15). The summed E-state index contributed by atoms with van der Waals surface area (Å²) >= 11 is 0. The fourth-order valence-electron chi connectivity index (χ4n) is 1.74. The van der Waals surface area contributed by atoms with Gasteiger partial charge < -0.3 is 14.6 Å². The predicted molar refractivity (Wildman–Crippen MR) is 58.5 cm³/mol. The molecule has 0 bridgehead atoms. The van der Waals surface area contributed by atoms with Crippen LogP contribution in [0.4, 0.5) is 4.39 Å². The lowest BCUT2D eigenvalue weighted by Gasteiger charge is -2.13. The van der Waals surface area contributed by atoms with Crippen molar-refractivity contribution in [3.05, 3.63) is 23.3 Å². The Bertz CT molecular complexity index is 442. The lowest BCUT2D eigenvalue weighted by atomic mass is 10.0. The molecule has 2 rings (SSSR count). The van der Waals surface area contributed by atoms with E-state index in [1.807, 2.05) is 0 Å². The van der Waals surface area contributed by atoms with Gasteiger partial charge in [0.1, 0.15) is 6.17 Å². The average Bonchev–Trinajstić information content (AvgIpc) is 2.51. The molecule has 1 aliphatic heterocycles. The predicted octanol–water partition coefficient (Wildman–Crippen LogP) is 2.58. The first kappa shape index (κ1) is 11.7. The molecule has 1 atom stereocenters. The number of carboxylic acid groups (broad SMARTS) is 1. The summed E-state index contributed by atoms with van der Waals surface area (Å²) in [6, 6.07) is 2.74. The minimum atomic E-state index is -1.36. The van der Waals surface area contributed by atoms with Crippen molar-refractivity contribution >= 4 is 5.97 Å². The minimum absolute atomic E-state index is 0.0794. The first-order valence-electron chi connectivity index (χ1n) is 5.40. The van der Waals surface area contributed by atoms with Gasteiger partial charge in [0.15, 0.2) is 11.5 Å². The summed E-state index contributed by atoms with van der Waals surface area (Å²) in [5, 5.41) is 9.02. The van der Waals surface area contributed by atoms with Gasteiger partial charge in [0.05, 0.1) is 18.8 Å². The van der Waals surface area contributed by atoms with Crippen LogP contribution in [0.25, 0.3) is 0 Å². The maximum Gasteiger partial charge on any atom is 0.336 e. The van der Waals surface area contributed by atoms with Crippen LogP contribution in [0.15, 0.2) is 12.1 Å². The highest BCUT2D eigenvalue weighted by Gasteiger charge is 2.21. The van der Waals surface area contributed by atoms with Gasteiger partial charge in [0, 0.05) is 12.0 Å². The van der Waals surface area contributed by atoms with Crippen LogP contribution >= 0.6 is 0 Å². The highest BCUT2D eigenvalue weighted by molar-refractivity contribution is 5.90. The van der Waals surface area contributed by atoms with Gasteiger partial charge in [0.2, 0.25) is 0 Å². The highest BCUT2D eigenvalue weighted by Crippen LogP contribution is 2.35. The van der Waals surface area contributed by atoms with Crippen LogP contribution in [0.2, 0.25) is 0 Å². The number of alkyl halides is 1. The number of benzene rings is 1. The van der Waals surface area contributed by atoms with Crippen molar-refractivity contribution in [1.29, 1.82) is 0 Å². The molecule has 1 N–H and O–H groups in total. The maximum absolute atomic E-state index is 13.4. The van der Waals surface area contributed by atoms with E-state index < -0.39 is 12.1 Å². The maximum atomic E-state index is 13.4. The van der Waals surface area contributed by atoms with Crippen LogP contribution in [0.5, 0.6) is 11.5 Å². The Labute approximate surface area is 98.0 Å². The van der Waals surface area contributed by atoms with Crippen molar-refractivity contribution in [2.45, 2.75) is 19.5 Å².